The van der Waals surface area contributed by atoms with Gasteiger partial charge in [-0.1, -0.05) is 6.58 Å². The number of thiazole rings is 1. The molecule has 28 heavy (non-hydrogen) atoms. The van der Waals surface area contributed by atoms with Crippen molar-refractivity contribution in [1.82, 2.24) is 25.1 Å². The van der Waals surface area contributed by atoms with Crippen molar-refractivity contribution in [3.8, 4) is 5.69 Å². The van der Waals surface area contributed by atoms with Crippen LogP contribution in [0.1, 0.15) is 45.5 Å². The molecule has 1 N–H and O–H groups in total. The van der Waals surface area contributed by atoms with Gasteiger partial charge in [0.15, 0.2) is 5.82 Å². The second-order valence-corrected chi connectivity index (χ2v) is 8.78. The van der Waals surface area contributed by atoms with Crippen LogP contribution in [0.15, 0.2) is 36.2 Å². The summed E-state index contributed by atoms with van der Waals surface area (Å²) in [6, 6.07) is 1.99. The minimum Gasteiger partial charge on any atom is -0.343 e. The van der Waals surface area contributed by atoms with Gasteiger partial charge in [0, 0.05) is 28.6 Å². The van der Waals surface area contributed by atoms with Gasteiger partial charge in [-0.05, 0) is 45.2 Å². The topological polar surface area (TPSA) is 68.0 Å². The number of nitrogens with zero attached hydrogens (tertiary/aromatic N) is 5. The first-order chi connectivity index (χ1) is 13.5. The summed E-state index contributed by atoms with van der Waals surface area (Å²) in [5, 5.41) is 9.23. The third-order valence-electron chi connectivity index (χ3n) is 5.80. The van der Waals surface area contributed by atoms with Crippen LogP contribution in [0.5, 0.6) is 0 Å². The van der Waals surface area contributed by atoms with Crippen molar-refractivity contribution in [2.24, 2.45) is 10.9 Å². The maximum Gasteiger partial charge on any atom is 0.167 e. The maximum atomic E-state index is 4.99. The van der Waals surface area contributed by atoms with Crippen molar-refractivity contribution < 1.29 is 0 Å². The number of rotatable bonds is 3. The Morgan fingerprint density at radius 3 is 2.68 bits per heavy atom. The van der Waals surface area contributed by atoms with E-state index in [1.807, 2.05) is 34.5 Å². The highest BCUT2D eigenvalue weighted by atomic mass is 32.1. The lowest BCUT2D eigenvalue weighted by molar-refractivity contribution is 0.333. The standard InChI is InChI=1S/C21H22N6S/c1-11-7-8-22-10-18(11)27-20-17(9-23-27)13(3)24-19(26-20)15-5-6-16(15)21-25-12(2)14(4)28-21/h7-10,15-16H,3,5-6H2,1-2,4H3,(H,24,26)/t15-,16-/m1/s1. The number of hydrogen-bond donors (Lipinski definition) is 1. The number of pyridine rings is 1. The Kier molecular flexibility index (Phi) is 3.94. The number of fused-ring (bicyclic) bond motifs is 1. The zero-order valence-electron chi connectivity index (χ0n) is 16.2. The molecule has 4 heterocycles. The smallest absolute Gasteiger partial charge is 0.167 e. The molecule has 0 spiro atoms. The molecule has 2 atom stereocenters. The van der Waals surface area contributed by atoms with Gasteiger partial charge in [-0.25, -0.2) is 14.7 Å². The SMILES string of the molecule is C=C1NC([C@@H]2CC[C@H]2c2nc(C)c(C)s2)=Nc2c1cnn2-c1cnccc1C. The molecule has 0 aromatic carbocycles. The molecule has 0 radical (unpaired) electrons. The van der Waals surface area contributed by atoms with Crippen LogP contribution in [0.3, 0.4) is 0 Å². The van der Waals surface area contributed by atoms with E-state index in [1.54, 1.807) is 6.20 Å². The van der Waals surface area contributed by atoms with Crippen molar-refractivity contribution in [2.75, 3.05) is 0 Å². The molecule has 3 aromatic rings. The molecule has 142 valence electrons. The molecule has 6 nitrogen and oxygen atoms in total. The van der Waals surface area contributed by atoms with Crippen molar-refractivity contribution in [1.29, 1.82) is 0 Å². The number of hydrogen-bond acceptors (Lipinski definition) is 6. The van der Waals surface area contributed by atoms with Crippen LogP contribution in [-0.4, -0.2) is 25.6 Å². The maximum absolute atomic E-state index is 4.99. The first kappa shape index (κ1) is 17.3. The van der Waals surface area contributed by atoms with Crippen LogP contribution in [0.4, 0.5) is 5.82 Å². The highest BCUT2D eigenvalue weighted by Gasteiger charge is 2.40. The van der Waals surface area contributed by atoms with E-state index in [0.717, 1.165) is 52.7 Å². The van der Waals surface area contributed by atoms with E-state index < -0.39 is 0 Å². The van der Waals surface area contributed by atoms with E-state index in [2.05, 4.69) is 42.7 Å². The Morgan fingerprint density at radius 1 is 1.18 bits per heavy atom. The number of nitrogens with one attached hydrogen (secondary N) is 1. The van der Waals surface area contributed by atoms with E-state index in [4.69, 9.17) is 9.98 Å². The molecular formula is C21H22N6S. The van der Waals surface area contributed by atoms with Crippen LogP contribution in [0, 0.1) is 26.7 Å². The summed E-state index contributed by atoms with van der Waals surface area (Å²) >= 11 is 1.81. The molecule has 2 aliphatic rings. The third-order valence-corrected chi connectivity index (χ3v) is 7.01. The number of aromatic nitrogens is 4. The fraction of sp³-hybridized carbons (Fsp3) is 0.333. The van der Waals surface area contributed by atoms with Crippen molar-refractivity contribution in [2.45, 2.75) is 39.5 Å². The second-order valence-electron chi connectivity index (χ2n) is 7.54. The van der Waals surface area contributed by atoms with E-state index in [-0.39, 0.29) is 0 Å². The van der Waals surface area contributed by atoms with Crippen LogP contribution < -0.4 is 5.32 Å². The molecule has 0 unspecified atom stereocenters. The molecule has 3 aromatic heterocycles. The van der Waals surface area contributed by atoms with Crippen LogP contribution >= 0.6 is 11.3 Å². The summed E-state index contributed by atoms with van der Waals surface area (Å²) in [6.07, 6.45) is 7.70. The van der Waals surface area contributed by atoms with Crippen LogP contribution in [0.2, 0.25) is 0 Å². The zero-order chi connectivity index (χ0) is 19.4. The lowest BCUT2D eigenvalue weighted by Crippen LogP contribution is -2.40. The summed E-state index contributed by atoms with van der Waals surface area (Å²) in [7, 11) is 0. The number of aryl methyl sites for hydroxylation is 3. The fourth-order valence-corrected chi connectivity index (χ4v) is 4.96. The first-order valence-electron chi connectivity index (χ1n) is 9.50. The van der Waals surface area contributed by atoms with Gasteiger partial charge in [0.2, 0.25) is 0 Å². The highest BCUT2D eigenvalue weighted by Crippen LogP contribution is 2.46. The summed E-state index contributed by atoms with van der Waals surface area (Å²) in [5.41, 5.74) is 4.98. The predicted octanol–water partition coefficient (Wildman–Crippen LogP) is 4.45. The second kappa shape index (κ2) is 6.38. The third kappa shape index (κ3) is 2.61. The number of amidine groups is 1. The van der Waals surface area contributed by atoms with Crippen LogP contribution in [0.25, 0.3) is 11.4 Å². The summed E-state index contributed by atoms with van der Waals surface area (Å²) in [6.45, 7) is 10.5. The predicted molar refractivity (Wildman–Crippen MR) is 112 cm³/mol. The van der Waals surface area contributed by atoms with Gasteiger partial charge >= 0.3 is 0 Å². The molecule has 0 amide bonds. The Bertz CT molecular complexity index is 1100. The quantitative estimate of drug-likeness (QED) is 0.717. The van der Waals surface area contributed by atoms with Gasteiger partial charge in [0.25, 0.3) is 0 Å². The minimum absolute atomic E-state index is 0.341. The average Bonchev–Trinajstić information content (AvgIpc) is 3.18. The molecule has 1 aliphatic heterocycles. The van der Waals surface area contributed by atoms with E-state index in [1.165, 1.54) is 9.88 Å². The molecule has 1 fully saturated rings. The highest BCUT2D eigenvalue weighted by molar-refractivity contribution is 7.11. The minimum atomic E-state index is 0.341. The van der Waals surface area contributed by atoms with Gasteiger partial charge in [0.05, 0.1) is 34.3 Å². The average molecular weight is 391 g/mol. The summed E-state index contributed by atoms with van der Waals surface area (Å²) in [4.78, 5) is 15.4. The lowest BCUT2D eigenvalue weighted by atomic mass is 9.73. The molecule has 1 saturated carbocycles. The van der Waals surface area contributed by atoms with Gasteiger partial charge in [-0.2, -0.15) is 5.10 Å². The molecule has 7 heteroatoms. The molecular weight excluding hydrogens is 368 g/mol. The molecule has 5 rings (SSSR count). The molecule has 1 aliphatic carbocycles. The summed E-state index contributed by atoms with van der Waals surface area (Å²) in [5.74, 6) is 2.57. The van der Waals surface area contributed by atoms with E-state index in [0.29, 0.717) is 11.8 Å². The largest absolute Gasteiger partial charge is 0.343 e. The van der Waals surface area contributed by atoms with Gasteiger partial charge < -0.3 is 5.32 Å². The van der Waals surface area contributed by atoms with Crippen molar-refractivity contribution in [3.05, 3.63) is 57.9 Å². The van der Waals surface area contributed by atoms with E-state index >= 15 is 0 Å². The number of aliphatic imine (C=N–C) groups is 1. The first-order valence-corrected chi connectivity index (χ1v) is 10.3. The molecule has 0 saturated heterocycles. The Labute approximate surface area is 168 Å². The van der Waals surface area contributed by atoms with Gasteiger partial charge in [-0.3, -0.25) is 4.98 Å². The Balaban J connectivity index is 1.54. The lowest BCUT2D eigenvalue weighted by Gasteiger charge is -2.37. The monoisotopic (exact) mass is 390 g/mol. The normalized spacial score (nSPS) is 21.0. The van der Waals surface area contributed by atoms with Gasteiger partial charge in [-0.15, -0.1) is 11.3 Å². The Hall–Kier alpha value is -2.80. The van der Waals surface area contributed by atoms with Gasteiger partial charge in [0.1, 0.15) is 5.84 Å². The van der Waals surface area contributed by atoms with Crippen molar-refractivity contribution in [3.63, 3.8) is 0 Å². The fourth-order valence-electron chi connectivity index (χ4n) is 3.83. The van der Waals surface area contributed by atoms with Crippen molar-refractivity contribution >= 4 is 28.7 Å². The zero-order valence-corrected chi connectivity index (χ0v) is 17.0. The van der Waals surface area contributed by atoms with Crippen LogP contribution in [-0.2, 0) is 0 Å². The molecule has 0 bridgehead atoms. The summed E-state index contributed by atoms with van der Waals surface area (Å²) < 4.78 is 1.87. The van der Waals surface area contributed by atoms with E-state index in [9.17, 15) is 0 Å². The Morgan fingerprint density at radius 2 is 2.00 bits per heavy atom.